The van der Waals surface area contributed by atoms with E-state index in [0.717, 1.165) is 23.5 Å². The van der Waals surface area contributed by atoms with E-state index in [9.17, 15) is 5.11 Å². The molecule has 0 fully saturated rings. The lowest BCUT2D eigenvalue weighted by atomic mass is 10.2. The Hall–Kier alpha value is -1.32. The van der Waals surface area contributed by atoms with Crippen molar-refractivity contribution >= 4 is 11.6 Å². The first-order valence-corrected chi connectivity index (χ1v) is 5.56. The fraction of sp³-hybridized carbons (Fsp3) is 0.250. The second-order valence-electron chi connectivity index (χ2n) is 3.46. The molecular formula is C12H13ClN2O. The summed E-state index contributed by atoms with van der Waals surface area (Å²) in [6.45, 7) is 1.97. The molecule has 0 radical (unpaired) electrons. The van der Waals surface area contributed by atoms with Crippen LogP contribution >= 0.6 is 11.6 Å². The van der Waals surface area contributed by atoms with Gasteiger partial charge in [-0.2, -0.15) is 0 Å². The number of nitrogens with zero attached hydrogens (tertiary/aromatic N) is 2. The van der Waals surface area contributed by atoms with Gasteiger partial charge in [0.2, 0.25) is 0 Å². The zero-order chi connectivity index (χ0) is 11.5. The maximum atomic E-state index is 9.34. The molecule has 0 aliphatic rings. The topological polar surface area (TPSA) is 38.0 Å². The first-order chi connectivity index (χ1) is 7.77. The highest BCUT2D eigenvalue weighted by Crippen LogP contribution is 2.24. The van der Waals surface area contributed by atoms with Gasteiger partial charge in [0.25, 0.3) is 0 Å². The van der Waals surface area contributed by atoms with Crippen LogP contribution in [0.1, 0.15) is 18.3 Å². The number of aryl methyl sites for hydroxylation is 1. The number of hydrogen-bond acceptors (Lipinski definition) is 2. The van der Waals surface area contributed by atoms with Crippen LogP contribution in [-0.4, -0.2) is 14.7 Å². The van der Waals surface area contributed by atoms with Crippen molar-refractivity contribution < 1.29 is 5.11 Å². The standard InChI is InChI=1S/C12H13ClN2O/c1-2-12-14-6-7-15(12)11-5-3-4-10(13)9(11)8-16/h3-7,16H,2,8H2,1H3. The van der Waals surface area contributed by atoms with E-state index >= 15 is 0 Å². The fourth-order valence-electron chi connectivity index (χ4n) is 1.74. The van der Waals surface area contributed by atoms with Crippen molar-refractivity contribution in [3.63, 3.8) is 0 Å². The summed E-state index contributed by atoms with van der Waals surface area (Å²) < 4.78 is 1.96. The van der Waals surface area contributed by atoms with Gasteiger partial charge in [-0.3, -0.25) is 0 Å². The maximum Gasteiger partial charge on any atom is 0.112 e. The lowest BCUT2D eigenvalue weighted by Crippen LogP contribution is -2.03. The summed E-state index contributed by atoms with van der Waals surface area (Å²) in [5.41, 5.74) is 1.63. The zero-order valence-electron chi connectivity index (χ0n) is 9.02. The summed E-state index contributed by atoms with van der Waals surface area (Å²) in [7, 11) is 0. The third-order valence-corrected chi connectivity index (χ3v) is 2.90. The Morgan fingerprint density at radius 3 is 2.94 bits per heavy atom. The molecule has 3 nitrogen and oxygen atoms in total. The van der Waals surface area contributed by atoms with Crippen LogP contribution in [0.3, 0.4) is 0 Å². The molecule has 0 bridgehead atoms. The van der Waals surface area contributed by atoms with E-state index in [1.807, 2.05) is 29.8 Å². The van der Waals surface area contributed by atoms with E-state index in [0.29, 0.717) is 5.02 Å². The summed E-state index contributed by atoms with van der Waals surface area (Å²) in [5, 5.41) is 9.92. The van der Waals surface area contributed by atoms with Crippen LogP contribution in [0.5, 0.6) is 0 Å². The van der Waals surface area contributed by atoms with E-state index in [2.05, 4.69) is 4.98 Å². The molecule has 0 aliphatic heterocycles. The highest BCUT2D eigenvalue weighted by atomic mass is 35.5. The van der Waals surface area contributed by atoms with Crippen LogP contribution in [0.15, 0.2) is 30.6 Å². The quantitative estimate of drug-likeness (QED) is 0.890. The molecule has 1 heterocycles. The van der Waals surface area contributed by atoms with Crippen LogP contribution in [0, 0.1) is 0 Å². The molecule has 1 aromatic heterocycles. The minimum absolute atomic E-state index is 0.0731. The molecule has 0 saturated heterocycles. The molecule has 0 unspecified atom stereocenters. The second kappa shape index (κ2) is 4.68. The molecule has 84 valence electrons. The van der Waals surface area contributed by atoms with Crippen molar-refractivity contribution in [3.8, 4) is 5.69 Å². The van der Waals surface area contributed by atoms with Gasteiger partial charge in [-0.05, 0) is 12.1 Å². The van der Waals surface area contributed by atoms with Gasteiger partial charge in [-0.15, -0.1) is 0 Å². The van der Waals surface area contributed by atoms with Gasteiger partial charge in [-0.1, -0.05) is 24.6 Å². The maximum absolute atomic E-state index is 9.34. The Morgan fingerprint density at radius 1 is 1.44 bits per heavy atom. The highest BCUT2D eigenvalue weighted by Gasteiger charge is 2.10. The number of aliphatic hydroxyl groups is 1. The van der Waals surface area contributed by atoms with Gasteiger partial charge in [0.05, 0.1) is 12.3 Å². The Kier molecular flexibility index (Phi) is 3.27. The highest BCUT2D eigenvalue weighted by molar-refractivity contribution is 6.31. The third kappa shape index (κ3) is 1.84. The second-order valence-corrected chi connectivity index (χ2v) is 3.87. The SMILES string of the molecule is CCc1nccn1-c1cccc(Cl)c1CO. The van der Waals surface area contributed by atoms with Crippen molar-refractivity contribution in [1.82, 2.24) is 9.55 Å². The van der Waals surface area contributed by atoms with Gasteiger partial charge in [-0.25, -0.2) is 4.98 Å². The Labute approximate surface area is 99.3 Å². The first-order valence-electron chi connectivity index (χ1n) is 5.18. The average molecular weight is 237 g/mol. The van der Waals surface area contributed by atoms with Gasteiger partial charge in [0, 0.05) is 29.4 Å². The number of aromatic nitrogens is 2. The molecule has 0 saturated carbocycles. The minimum Gasteiger partial charge on any atom is -0.392 e. The molecule has 0 amide bonds. The molecule has 16 heavy (non-hydrogen) atoms. The summed E-state index contributed by atoms with van der Waals surface area (Å²) in [6.07, 6.45) is 4.47. The number of halogens is 1. The minimum atomic E-state index is -0.0731. The van der Waals surface area contributed by atoms with E-state index < -0.39 is 0 Å². The molecule has 1 aromatic carbocycles. The zero-order valence-corrected chi connectivity index (χ0v) is 9.78. The molecule has 2 rings (SSSR count). The molecule has 0 aliphatic carbocycles. The van der Waals surface area contributed by atoms with Crippen molar-refractivity contribution in [3.05, 3.63) is 47.0 Å². The van der Waals surface area contributed by atoms with Crippen molar-refractivity contribution in [1.29, 1.82) is 0 Å². The largest absolute Gasteiger partial charge is 0.392 e. The average Bonchev–Trinajstić information content (AvgIpc) is 2.76. The molecular weight excluding hydrogens is 224 g/mol. The first kappa shape index (κ1) is 11.2. The van der Waals surface area contributed by atoms with Crippen LogP contribution in [-0.2, 0) is 13.0 Å². The molecule has 4 heteroatoms. The fourth-order valence-corrected chi connectivity index (χ4v) is 1.97. The number of hydrogen-bond donors (Lipinski definition) is 1. The Morgan fingerprint density at radius 2 is 2.25 bits per heavy atom. The lowest BCUT2D eigenvalue weighted by Gasteiger charge is -2.12. The number of aliphatic hydroxyl groups excluding tert-OH is 1. The van der Waals surface area contributed by atoms with E-state index in [1.165, 1.54) is 0 Å². The summed E-state index contributed by atoms with van der Waals surface area (Å²) in [5.74, 6) is 0.956. The third-order valence-electron chi connectivity index (χ3n) is 2.55. The predicted octanol–water partition coefficient (Wildman–Crippen LogP) is 2.58. The van der Waals surface area contributed by atoms with Crippen molar-refractivity contribution in [2.45, 2.75) is 20.0 Å². The summed E-state index contributed by atoms with van der Waals surface area (Å²) in [4.78, 5) is 4.25. The molecule has 0 spiro atoms. The molecule has 2 aromatic rings. The summed E-state index contributed by atoms with van der Waals surface area (Å²) in [6, 6.07) is 5.58. The normalized spacial score (nSPS) is 10.7. The molecule has 1 N–H and O–H groups in total. The van der Waals surface area contributed by atoms with Crippen LogP contribution in [0.2, 0.25) is 5.02 Å². The van der Waals surface area contributed by atoms with Crippen molar-refractivity contribution in [2.24, 2.45) is 0 Å². The smallest absolute Gasteiger partial charge is 0.112 e. The van der Waals surface area contributed by atoms with Gasteiger partial charge in [0.1, 0.15) is 5.82 Å². The number of rotatable bonds is 3. The predicted molar refractivity (Wildman–Crippen MR) is 63.9 cm³/mol. The van der Waals surface area contributed by atoms with Gasteiger partial charge >= 0.3 is 0 Å². The Bertz CT molecular complexity index is 494. The summed E-state index contributed by atoms with van der Waals surface area (Å²) >= 11 is 6.05. The van der Waals surface area contributed by atoms with Crippen LogP contribution in [0.4, 0.5) is 0 Å². The number of benzene rings is 1. The Balaban J connectivity index is 2.60. The van der Waals surface area contributed by atoms with Crippen molar-refractivity contribution in [2.75, 3.05) is 0 Å². The lowest BCUT2D eigenvalue weighted by molar-refractivity contribution is 0.281. The van der Waals surface area contributed by atoms with E-state index in [1.54, 1.807) is 12.3 Å². The van der Waals surface area contributed by atoms with Crippen LogP contribution < -0.4 is 0 Å². The van der Waals surface area contributed by atoms with Crippen LogP contribution in [0.25, 0.3) is 5.69 Å². The monoisotopic (exact) mass is 236 g/mol. The molecule has 0 atom stereocenters. The van der Waals surface area contributed by atoms with Gasteiger partial charge in [0.15, 0.2) is 0 Å². The number of imidazole rings is 1. The van der Waals surface area contributed by atoms with E-state index in [-0.39, 0.29) is 6.61 Å². The van der Waals surface area contributed by atoms with E-state index in [4.69, 9.17) is 11.6 Å². The van der Waals surface area contributed by atoms with Gasteiger partial charge < -0.3 is 9.67 Å².